The van der Waals surface area contributed by atoms with E-state index in [0.717, 1.165) is 30.9 Å². The lowest BCUT2D eigenvalue weighted by molar-refractivity contribution is 0.252. The number of ether oxygens (including phenoxy) is 1. The van der Waals surface area contributed by atoms with Gasteiger partial charge in [0.05, 0.1) is 24.7 Å². The molecule has 2 aromatic carbocycles. The van der Waals surface area contributed by atoms with Crippen molar-refractivity contribution in [3.63, 3.8) is 0 Å². The molecular formula is C19H19N5O2. The Bertz CT molecular complexity index is 908. The zero-order chi connectivity index (χ0) is 17.8. The summed E-state index contributed by atoms with van der Waals surface area (Å²) in [6.45, 7) is 1.32. The van der Waals surface area contributed by atoms with Crippen LogP contribution in [0.25, 0.3) is 5.69 Å². The van der Waals surface area contributed by atoms with Gasteiger partial charge in [0, 0.05) is 18.7 Å². The van der Waals surface area contributed by atoms with Gasteiger partial charge in [-0.05, 0) is 41.8 Å². The SMILES string of the molecule is O=C(NCCc1ccc2c(c1)CCO2)Nc1cccc(-n2ccnn2)c1. The van der Waals surface area contributed by atoms with Crippen LogP contribution in [-0.4, -0.2) is 34.2 Å². The molecule has 1 aromatic heterocycles. The van der Waals surface area contributed by atoms with E-state index in [0.29, 0.717) is 12.2 Å². The topological polar surface area (TPSA) is 81.1 Å². The summed E-state index contributed by atoms with van der Waals surface area (Å²) < 4.78 is 7.15. The molecule has 2 heterocycles. The smallest absolute Gasteiger partial charge is 0.319 e. The zero-order valence-electron chi connectivity index (χ0n) is 14.2. The van der Waals surface area contributed by atoms with Crippen molar-refractivity contribution in [1.29, 1.82) is 0 Å². The molecule has 7 heteroatoms. The molecule has 132 valence electrons. The lowest BCUT2D eigenvalue weighted by Crippen LogP contribution is -2.30. The first kappa shape index (κ1) is 16.1. The molecule has 2 N–H and O–H groups in total. The molecule has 0 saturated carbocycles. The fourth-order valence-corrected chi connectivity index (χ4v) is 2.96. The van der Waals surface area contributed by atoms with Crippen LogP contribution in [0.3, 0.4) is 0 Å². The van der Waals surface area contributed by atoms with Crippen LogP contribution in [0.2, 0.25) is 0 Å². The molecule has 0 spiro atoms. The van der Waals surface area contributed by atoms with Crippen molar-refractivity contribution < 1.29 is 9.53 Å². The van der Waals surface area contributed by atoms with Gasteiger partial charge in [0.2, 0.25) is 0 Å². The average Bonchev–Trinajstić information content (AvgIpc) is 3.33. The quantitative estimate of drug-likeness (QED) is 0.742. The number of rotatable bonds is 5. The number of fused-ring (bicyclic) bond motifs is 1. The van der Waals surface area contributed by atoms with E-state index in [1.165, 1.54) is 11.1 Å². The fourth-order valence-electron chi connectivity index (χ4n) is 2.96. The van der Waals surface area contributed by atoms with Crippen molar-refractivity contribution >= 4 is 11.7 Å². The number of anilines is 1. The van der Waals surface area contributed by atoms with Gasteiger partial charge in [0.25, 0.3) is 0 Å². The van der Waals surface area contributed by atoms with E-state index in [1.807, 2.05) is 36.4 Å². The van der Waals surface area contributed by atoms with Crippen LogP contribution in [0, 0.1) is 0 Å². The van der Waals surface area contributed by atoms with Gasteiger partial charge in [-0.2, -0.15) is 0 Å². The molecule has 3 aromatic rings. The number of benzene rings is 2. The van der Waals surface area contributed by atoms with Crippen molar-refractivity contribution in [2.75, 3.05) is 18.5 Å². The monoisotopic (exact) mass is 349 g/mol. The number of carbonyl (C=O) groups is 1. The van der Waals surface area contributed by atoms with Gasteiger partial charge in [0.1, 0.15) is 5.75 Å². The van der Waals surface area contributed by atoms with E-state index in [9.17, 15) is 4.79 Å². The number of hydrogen-bond acceptors (Lipinski definition) is 4. The van der Waals surface area contributed by atoms with Crippen molar-refractivity contribution in [3.05, 3.63) is 66.0 Å². The first-order valence-corrected chi connectivity index (χ1v) is 8.54. The molecule has 0 fully saturated rings. The standard InChI is InChI=1S/C19H19N5O2/c25-19(20-8-6-14-4-5-18-15(12-14)7-11-26-18)22-16-2-1-3-17(13-16)24-10-9-21-23-24/h1-5,9-10,12-13H,6-8,11H2,(H2,20,22,25). The highest BCUT2D eigenvalue weighted by Crippen LogP contribution is 2.25. The van der Waals surface area contributed by atoms with Crippen LogP contribution in [0.1, 0.15) is 11.1 Å². The fraction of sp³-hybridized carbons (Fsp3) is 0.211. The Kier molecular flexibility index (Phi) is 4.51. The second-order valence-electron chi connectivity index (χ2n) is 6.07. The van der Waals surface area contributed by atoms with E-state index in [-0.39, 0.29) is 6.03 Å². The predicted molar refractivity (Wildman–Crippen MR) is 97.7 cm³/mol. The van der Waals surface area contributed by atoms with Crippen LogP contribution in [-0.2, 0) is 12.8 Å². The minimum absolute atomic E-state index is 0.231. The zero-order valence-corrected chi connectivity index (χ0v) is 14.2. The van der Waals surface area contributed by atoms with Gasteiger partial charge in [-0.1, -0.05) is 23.4 Å². The largest absolute Gasteiger partial charge is 0.493 e. The van der Waals surface area contributed by atoms with E-state index < -0.39 is 0 Å². The summed E-state index contributed by atoms with van der Waals surface area (Å²) in [6.07, 6.45) is 5.09. The summed E-state index contributed by atoms with van der Waals surface area (Å²) in [5.74, 6) is 0.978. The molecule has 1 aliphatic rings. The Morgan fingerprint density at radius 2 is 2.19 bits per heavy atom. The predicted octanol–water partition coefficient (Wildman–Crippen LogP) is 2.57. The van der Waals surface area contributed by atoms with Crippen LogP contribution in [0.4, 0.5) is 10.5 Å². The highest BCUT2D eigenvalue weighted by Gasteiger charge is 2.12. The Morgan fingerprint density at radius 1 is 1.23 bits per heavy atom. The Hall–Kier alpha value is -3.35. The van der Waals surface area contributed by atoms with E-state index in [4.69, 9.17) is 4.74 Å². The maximum atomic E-state index is 12.1. The molecule has 4 rings (SSSR count). The Balaban J connectivity index is 1.30. The van der Waals surface area contributed by atoms with E-state index >= 15 is 0 Å². The molecule has 2 amide bonds. The minimum Gasteiger partial charge on any atom is -0.493 e. The van der Waals surface area contributed by atoms with Crippen LogP contribution in [0.15, 0.2) is 54.9 Å². The number of carbonyl (C=O) groups excluding carboxylic acids is 1. The maximum absolute atomic E-state index is 12.1. The molecule has 0 bridgehead atoms. The van der Waals surface area contributed by atoms with Crippen molar-refractivity contribution in [1.82, 2.24) is 20.3 Å². The van der Waals surface area contributed by atoms with Gasteiger partial charge in [-0.25, -0.2) is 9.48 Å². The molecule has 1 aliphatic heterocycles. The van der Waals surface area contributed by atoms with E-state index in [1.54, 1.807) is 17.1 Å². The average molecular weight is 349 g/mol. The molecule has 7 nitrogen and oxygen atoms in total. The van der Waals surface area contributed by atoms with Crippen molar-refractivity contribution in [3.8, 4) is 11.4 Å². The number of nitrogens with zero attached hydrogens (tertiary/aromatic N) is 3. The number of urea groups is 1. The number of amides is 2. The number of aromatic nitrogens is 3. The third-order valence-electron chi connectivity index (χ3n) is 4.24. The molecule has 0 radical (unpaired) electrons. The molecule has 0 saturated heterocycles. The Labute approximate surface area is 151 Å². The second-order valence-corrected chi connectivity index (χ2v) is 6.07. The van der Waals surface area contributed by atoms with E-state index in [2.05, 4.69) is 27.0 Å². The summed E-state index contributed by atoms with van der Waals surface area (Å²) in [7, 11) is 0. The second kappa shape index (κ2) is 7.26. The summed E-state index contributed by atoms with van der Waals surface area (Å²) in [6, 6.07) is 13.4. The Morgan fingerprint density at radius 3 is 3.08 bits per heavy atom. The number of hydrogen-bond donors (Lipinski definition) is 2. The minimum atomic E-state index is -0.231. The molecule has 0 atom stereocenters. The summed E-state index contributed by atoms with van der Waals surface area (Å²) in [5, 5.41) is 13.5. The lowest BCUT2D eigenvalue weighted by atomic mass is 10.1. The van der Waals surface area contributed by atoms with Gasteiger partial charge >= 0.3 is 6.03 Å². The molecule has 0 aliphatic carbocycles. The molecular weight excluding hydrogens is 330 g/mol. The van der Waals surface area contributed by atoms with Crippen LogP contribution in [0.5, 0.6) is 5.75 Å². The molecule has 0 unspecified atom stereocenters. The number of nitrogens with one attached hydrogen (secondary N) is 2. The van der Waals surface area contributed by atoms with Crippen molar-refractivity contribution in [2.24, 2.45) is 0 Å². The van der Waals surface area contributed by atoms with Crippen LogP contribution >= 0.6 is 0 Å². The van der Waals surface area contributed by atoms with Crippen molar-refractivity contribution in [2.45, 2.75) is 12.8 Å². The summed E-state index contributed by atoms with van der Waals surface area (Å²) in [4.78, 5) is 12.1. The first-order valence-electron chi connectivity index (χ1n) is 8.54. The van der Waals surface area contributed by atoms with Gasteiger partial charge in [-0.15, -0.1) is 5.10 Å². The lowest BCUT2D eigenvalue weighted by Gasteiger charge is -2.09. The van der Waals surface area contributed by atoms with Gasteiger partial charge in [-0.3, -0.25) is 0 Å². The highest BCUT2D eigenvalue weighted by molar-refractivity contribution is 5.89. The maximum Gasteiger partial charge on any atom is 0.319 e. The van der Waals surface area contributed by atoms with Gasteiger partial charge < -0.3 is 15.4 Å². The third-order valence-corrected chi connectivity index (χ3v) is 4.24. The van der Waals surface area contributed by atoms with Crippen LogP contribution < -0.4 is 15.4 Å². The summed E-state index contributed by atoms with van der Waals surface area (Å²) in [5.41, 5.74) is 3.98. The first-order chi connectivity index (χ1) is 12.8. The normalized spacial score (nSPS) is 12.3. The molecule has 26 heavy (non-hydrogen) atoms. The highest BCUT2D eigenvalue weighted by atomic mass is 16.5. The van der Waals surface area contributed by atoms with Gasteiger partial charge in [0.15, 0.2) is 0 Å². The summed E-state index contributed by atoms with van der Waals surface area (Å²) >= 11 is 0. The third kappa shape index (κ3) is 3.66.